The van der Waals surface area contributed by atoms with E-state index in [1.165, 1.54) is 18.4 Å². The molecule has 0 radical (unpaired) electrons. The van der Waals surface area contributed by atoms with E-state index in [2.05, 4.69) is 17.6 Å². The van der Waals surface area contributed by atoms with Gasteiger partial charge in [-0.2, -0.15) is 0 Å². The maximum Gasteiger partial charge on any atom is 0.191 e. The van der Waals surface area contributed by atoms with E-state index >= 15 is 0 Å². The first kappa shape index (κ1) is 22.0. The van der Waals surface area contributed by atoms with E-state index in [0.29, 0.717) is 5.92 Å². The van der Waals surface area contributed by atoms with Crippen molar-refractivity contribution in [2.45, 2.75) is 50.9 Å². The van der Waals surface area contributed by atoms with Crippen LogP contribution in [0, 0.1) is 11.7 Å². The molecule has 3 rings (SSSR count). The zero-order valence-corrected chi connectivity index (χ0v) is 17.7. The van der Waals surface area contributed by atoms with Crippen molar-refractivity contribution in [3.05, 3.63) is 35.6 Å². The number of rotatable bonds is 10. The lowest BCUT2D eigenvalue weighted by molar-refractivity contribution is 0.0888. The van der Waals surface area contributed by atoms with Crippen LogP contribution in [0.15, 0.2) is 29.3 Å². The van der Waals surface area contributed by atoms with Crippen LogP contribution in [0.2, 0.25) is 0 Å². The zero-order valence-electron chi connectivity index (χ0n) is 17.7. The van der Waals surface area contributed by atoms with Crippen LogP contribution in [0.3, 0.4) is 0 Å². The summed E-state index contributed by atoms with van der Waals surface area (Å²) in [5.41, 5.74) is 1.24. The summed E-state index contributed by atoms with van der Waals surface area (Å²) < 4.78 is 24.5. The molecule has 0 spiro atoms. The molecule has 29 heavy (non-hydrogen) atoms. The summed E-state index contributed by atoms with van der Waals surface area (Å²) in [6.07, 6.45) is 6.70. The molecule has 2 N–H and O–H groups in total. The van der Waals surface area contributed by atoms with Gasteiger partial charge < -0.3 is 20.1 Å². The fourth-order valence-corrected chi connectivity index (χ4v) is 4.31. The van der Waals surface area contributed by atoms with Gasteiger partial charge in [-0.3, -0.25) is 4.99 Å². The van der Waals surface area contributed by atoms with Gasteiger partial charge in [-0.25, -0.2) is 4.39 Å². The third kappa shape index (κ3) is 6.68. The summed E-state index contributed by atoms with van der Waals surface area (Å²) in [5.74, 6) is 1.24. The molecule has 2 aliphatic rings. The molecule has 5 nitrogen and oxygen atoms in total. The Morgan fingerprint density at radius 3 is 2.72 bits per heavy atom. The highest BCUT2D eigenvalue weighted by Gasteiger charge is 2.35. The number of nitrogens with zero attached hydrogens (tertiary/aromatic N) is 1. The van der Waals surface area contributed by atoms with E-state index in [1.54, 1.807) is 12.1 Å². The van der Waals surface area contributed by atoms with Crippen molar-refractivity contribution in [1.29, 1.82) is 0 Å². The van der Waals surface area contributed by atoms with Crippen LogP contribution in [-0.2, 0) is 14.9 Å². The van der Waals surface area contributed by atoms with Gasteiger partial charge in [0.1, 0.15) is 5.82 Å². The molecule has 1 saturated carbocycles. The Kier molecular flexibility index (Phi) is 8.74. The Morgan fingerprint density at radius 1 is 1.24 bits per heavy atom. The second kappa shape index (κ2) is 11.5. The summed E-state index contributed by atoms with van der Waals surface area (Å²) >= 11 is 0. The minimum atomic E-state index is -0.178. The molecule has 1 unspecified atom stereocenters. The van der Waals surface area contributed by atoms with E-state index in [4.69, 9.17) is 14.5 Å². The Hall–Kier alpha value is -1.66. The molecule has 1 saturated heterocycles. The Labute approximate surface area is 174 Å². The van der Waals surface area contributed by atoms with Crippen LogP contribution in [0.1, 0.15) is 51.0 Å². The van der Waals surface area contributed by atoms with Crippen molar-refractivity contribution >= 4 is 5.96 Å². The summed E-state index contributed by atoms with van der Waals surface area (Å²) in [4.78, 5) is 4.89. The second-order valence-corrected chi connectivity index (χ2v) is 8.27. The molecule has 1 aliphatic carbocycles. The number of aliphatic imine (C=N–C) groups is 1. The van der Waals surface area contributed by atoms with Crippen LogP contribution < -0.4 is 10.6 Å². The molecule has 0 bridgehead atoms. The summed E-state index contributed by atoms with van der Waals surface area (Å²) in [7, 11) is 0. The van der Waals surface area contributed by atoms with Gasteiger partial charge in [0.15, 0.2) is 5.96 Å². The number of guanidine groups is 1. The number of hydrogen-bond donors (Lipinski definition) is 2. The summed E-state index contributed by atoms with van der Waals surface area (Å²) in [6.45, 7) is 7.73. The first-order valence-corrected chi connectivity index (χ1v) is 11.2. The lowest BCUT2D eigenvalue weighted by Gasteiger charge is -2.28. The third-order valence-corrected chi connectivity index (χ3v) is 6.04. The van der Waals surface area contributed by atoms with Gasteiger partial charge in [-0.15, -0.1) is 0 Å². The van der Waals surface area contributed by atoms with Crippen molar-refractivity contribution in [3.63, 3.8) is 0 Å². The van der Waals surface area contributed by atoms with Gasteiger partial charge in [0.05, 0.1) is 19.8 Å². The van der Waals surface area contributed by atoms with Crippen molar-refractivity contribution in [3.8, 4) is 0 Å². The average Bonchev–Trinajstić information content (AvgIpc) is 3.42. The lowest BCUT2D eigenvalue weighted by Crippen LogP contribution is -2.39. The molecular formula is C23H36FN3O2. The predicted molar refractivity (Wildman–Crippen MR) is 115 cm³/mol. The number of halogens is 1. The summed E-state index contributed by atoms with van der Waals surface area (Å²) in [6, 6.07) is 7.01. The number of hydrogen-bond acceptors (Lipinski definition) is 3. The maximum absolute atomic E-state index is 13.4. The molecule has 6 heteroatoms. The largest absolute Gasteiger partial charge is 0.381 e. The minimum absolute atomic E-state index is 0.0303. The molecule has 162 valence electrons. The maximum atomic E-state index is 13.4. The molecule has 1 heterocycles. The van der Waals surface area contributed by atoms with Crippen LogP contribution in [0.25, 0.3) is 0 Å². The van der Waals surface area contributed by atoms with Crippen molar-refractivity contribution in [1.82, 2.24) is 10.6 Å². The minimum Gasteiger partial charge on any atom is -0.381 e. The number of ether oxygens (including phenoxy) is 2. The smallest absolute Gasteiger partial charge is 0.191 e. The van der Waals surface area contributed by atoms with Gasteiger partial charge in [0.2, 0.25) is 0 Å². The first-order chi connectivity index (χ1) is 14.2. The highest BCUT2D eigenvalue weighted by molar-refractivity contribution is 5.79. The SMILES string of the molecule is CCNC(=NCC1(c2ccc(F)cc2)CCCC1)NCCCOCC1CCOC1. The van der Waals surface area contributed by atoms with E-state index in [9.17, 15) is 4.39 Å². The monoisotopic (exact) mass is 405 g/mol. The lowest BCUT2D eigenvalue weighted by atomic mass is 9.79. The van der Waals surface area contributed by atoms with Gasteiger partial charge in [-0.05, 0) is 50.3 Å². The van der Waals surface area contributed by atoms with Gasteiger partial charge in [0.25, 0.3) is 0 Å². The van der Waals surface area contributed by atoms with Gasteiger partial charge >= 0.3 is 0 Å². The molecule has 1 aliphatic heterocycles. The quantitative estimate of drug-likeness (QED) is 0.355. The van der Waals surface area contributed by atoms with E-state index in [0.717, 1.165) is 77.7 Å². The van der Waals surface area contributed by atoms with E-state index < -0.39 is 0 Å². The molecule has 1 aromatic rings. The molecule has 0 amide bonds. The molecule has 2 fully saturated rings. The predicted octanol–water partition coefficient (Wildman–Crippen LogP) is 3.64. The first-order valence-electron chi connectivity index (χ1n) is 11.2. The van der Waals surface area contributed by atoms with Crippen LogP contribution in [-0.4, -0.2) is 52.0 Å². The topological polar surface area (TPSA) is 54.9 Å². The van der Waals surface area contributed by atoms with Gasteiger partial charge in [0, 0.05) is 37.6 Å². The molecule has 1 aromatic carbocycles. The van der Waals surface area contributed by atoms with Crippen molar-refractivity contribution in [2.75, 3.05) is 46.1 Å². The number of nitrogens with one attached hydrogen (secondary N) is 2. The van der Waals surface area contributed by atoms with E-state index in [1.807, 2.05) is 12.1 Å². The molecule has 0 aromatic heterocycles. The Balaban J connectivity index is 1.47. The van der Waals surface area contributed by atoms with Crippen molar-refractivity contribution in [2.24, 2.45) is 10.9 Å². The highest BCUT2D eigenvalue weighted by Crippen LogP contribution is 2.41. The van der Waals surface area contributed by atoms with Crippen molar-refractivity contribution < 1.29 is 13.9 Å². The van der Waals surface area contributed by atoms with Crippen LogP contribution >= 0.6 is 0 Å². The highest BCUT2D eigenvalue weighted by atomic mass is 19.1. The normalized spacial score (nSPS) is 21.4. The summed E-state index contributed by atoms with van der Waals surface area (Å²) in [5, 5.41) is 6.77. The standard InChI is InChI=1S/C23H36FN3O2/c1-2-25-22(26-13-5-14-28-16-19-10-15-29-17-19)27-18-23(11-3-4-12-23)20-6-8-21(24)9-7-20/h6-9,19H,2-5,10-18H2,1H3,(H2,25,26,27). The fraction of sp³-hybridized carbons (Fsp3) is 0.696. The number of benzene rings is 1. The second-order valence-electron chi connectivity index (χ2n) is 8.27. The Morgan fingerprint density at radius 2 is 2.03 bits per heavy atom. The fourth-order valence-electron chi connectivity index (χ4n) is 4.31. The van der Waals surface area contributed by atoms with Crippen LogP contribution in [0.4, 0.5) is 4.39 Å². The Bertz CT molecular complexity index is 624. The van der Waals surface area contributed by atoms with E-state index in [-0.39, 0.29) is 11.2 Å². The zero-order chi connectivity index (χ0) is 20.4. The molecular weight excluding hydrogens is 369 g/mol. The average molecular weight is 406 g/mol. The van der Waals surface area contributed by atoms with Crippen LogP contribution in [0.5, 0.6) is 0 Å². The molecule has 1 atom stereocenters. The van der Waals surface area contributed by atoms with Gasteiger partial charge in [-0.1, -0.05) is 25.0 Å². The third-order valence-electron chi connectivity index (χ3n) is 6.04.